The Bertz CT molecular complexity index is 477. The molecule has 1 heterocycles. The number of anilines is 1. The van der Waals surface area contributed by atoms with Crippen molar-refractivity contribution in [3.63, 3.8) is 0 Å². The van der Waals surface area contributed by atoms with E-state index >= 15 is 0 Å². The smallest absolute Gasteiger partial charge is 0.328 e. The molecule has 1 N–H and O–H groups in total. The van der Waals surface area contributed by atoms with Crippen LogP contribution in [0.1, 0.15) is 31.2 Å². The summed E-state index contributed by atoms with van der Waals surface area (Å²) in [5.41, 5.74) is 1.86. The van der Waals surface area contributed by atoms with Gasteiger partial charge in [0.15, 0.2) is 0 Å². The van der Waals surface area contributed by atoms with E-state index in [1.165, 1.54) is 31.8 Å². The fourth-order valence-corrected chi connectivity index (χ4v) is 2.58. The van der Waals surface area contributed by atoms with Gasteiger partial charge in [0.1, 0.15) is 0 Å². The molecule has 0 aliphatic carbocycles. The zero-order valence-corrected chi connectivity index (χ0v) is 11.6. The fourth-order valence-electron chi connectivity index (χ4n) is 2.34. The summed E-state index contributed by atoms with van der Waals surface area (Å²) in [7, 11) is 0. The number of halogens is 1. The molecule has 2 rings (SSSR count). The second kappa shape index (κ2) is 6.62. The average molecular weight is 280 g/mol. The molecule has 0 radical (unpaired) electrons. The summed E-state index contributed by atoms with van der Waals surface area (Å²) in [5.74, 6) is -0.965. The van der Waals surface area contributed by atoms with Crippen LogP contribution >= 0.6 is 11.6 Å². The molecular formula is C15H18ClNO2. The van der Waals surface area contributed by atoms with Gasteiger partial charge >= 0.3 is 5.97 Å². The summed E-state index contributed by atoms with van der Waals surface area (Å²) in [6.07, 6.45) is 7.66. The first-order valence-corrected chi connectivity index (χ1v) is 7.00. The molecule has 1 fully saturated rings. The summed E-state index contributed by atoms with van der Waals surface area (Å²) >= 11 is 6.20. The molecule has 102 valence electrons. The lowest BCUT2D eigenvalue weighted by atomic mass is 10.1. The van der Waals surface area contributed by atoms with Crippen LogP contribution in [0.25, 0.3) is 6.08 Å². The largest absolute Gasteiger partial charge is 0.478 e. The Morgan fingerprint density at radius 2 is 1.89 bits per heavy atom. The van der Waals surface area contributed by atoms with Crippen LogP contribution in [-0.2, 0) is 4.79 Å². The van der Waals surface area contributed by atoms with Gasteiger partial charge in [-0.2, -0.15) is 0 Å². The van der Waals surface area contributed by atoms with Crippen molar-refractivity contribution in [2.75, 3.05) is 18.0 Å². The molecule has 1 aromatic rings. The lowest BCUT2D eigenvalue weighted by Crippen LogP contribution is -2.23. The van der Waals surface area contributed by atoms with Crippen LogP contribution in [0.4, 0.5) is 5.69 Å². The van der Waals surface area contributed by atoms with Crippen molar-refractivity contribution in [2.45, 2.75) is 25.7 Å². The molecule has 1 aliphatic rings. The maximum Gasteiger partial charge on any atom is 0.328 e. The van der Waals surface area contributed by atoms with Crippen molar-refractivity contribution in [1.82, 2.24) is 0 Å². The molecule has 0 unspecified atom stereocenters. The van der Waals surface area contributed by atoms with E-state index in [1.54, 1.807) is 0 Å². The monoisotopic (exact) mass is 279 g/mol. The van der Waals surface area contributed by atoms with Crippen LogP contribution in [0.3, 0.4) is 0 Å². The summed E-state index contributed by atoms with van der Waals surface area (Å²) in [6, 6.07) is 5.81. The highest BCUT2D eigenvalue weighted by Crippen LogP contribution is 2.26. The van der Waals surface area contributed by atoms with Crippen molar-refractivity contribution >= 4 is 29.3 Å². The van der Waals surface area contributed by atoms with Crippen molar-refractivity contribution in [2.24, 2.45) is 0 Å². The third-order valence-corrected chi connectivity index (χ3v) is 3.69. The van der Waals surface area contributed by atoms with Gasteiger partial charge in [-0.15, -0.1) is 0 Å². The normalized spacial score (nSPS) is 16.6. The zero-order chi connectivity index (χ0) is 13.7. The Morgan fingerprint density at radius 3 is 2.47 bits per heavy atom. The Kier molecular flexibility index (Phi) is 4.86. The highest BCUT2D eigenvalue weighted by molar-refractivity contribution is 6.32. The van der Waals surface area contributed by atoms with E-state index in [1.807, 2.05) is 18.2 Å². The topological polar surface area (TPSA) is 40.5 Å². The van der Waals surface area contributed by atoms with Gasteiger partial charge in [-0.25, -0.2) is 4.79 Å². The van der Waals surface area contributed by atoms with E-state index < -0.39 is 5.97 Å². The molecule has 0 aromatic heterocycles. The highest BCUT2D eigenvalue weighted by Gasteiger charge is 2.10. The molecule has 1 aliphatic heterocycles. The SMILES string of the molecule is O=C(O)/C=C/c1ccc(N2CCCCCC2)cc1Cl. The van der Waals surface area contributed by atoms with Gasteiger partial charge in [0.25, 0.3) is 0 Å². The van der Waals surface area contributed by atoms with E-state index in [0.29, 0.717) is 5.02 Å². The first-order chi connectivity index (χ1) is 9.16. The minimum absolute atomic E-state index is 0.597. The molecule has 0 saturated carbocycles. The number of aliphatic carboxylic acids is 1. The minimum atomic E-state index is -0.965. The van der Waals surface area contributed by atoms with Crippen LogP contribution in [0.2, 0.25) is 5.02 Å². The molecule has 3 nitrogen and oxygen atoms in total. The molecule has 1 saturated heterocycles. The molecule has 0 spiro atoms. The van der Waals surface area contributed by atoms with Crippen LogP contribution < -0.4 is 4.90 Å². The van der Waals surface area contributed by atoms with Gasteiger partial charge < -0.3 is 10.0 Å². The van der Waals surface area contributed by atoms with Gasteiger partial charge in [-0.3, -0.25) is 0 Å². The van der Waals surface area contributed by atoms with E-state index in [-0.39, 0.29) is 0 Å². The van der Waals surface area contributed by atoms with Gasteiger partial charge in [-0.1, -0.05) is 30.5 Å². The fraction of sp³-hybridized carbons (Fsp3) is 0.400. The summed E-state index contributed by atoms with van der Waals surface area (Å²) in [5, 5.41) is 9.21. The number of benzene rings is 1. The number of nitrogens with zero attached hydrogens (tertiary/aromatic N) is 1. The Labute approximate surface area is 118 Å². The quantitative estimate of drug-likeness (QED) is 0.855. The lowest BCUT2D eigenvalue weighted by Gasteiger charge is -2.23. The molecule has 19 heavy (non-hydrogen) atoms. The second-order valence-electron chi connectivity index (χ2n) is 4.78. The lowest BCUT2D eigenvalue weighted by molar-refractivity contribution is -0.131. The van der Waals surface area contributed by atoms with E-state index in [0.717, 1.165) is 30.4 Å². The number of hydrogen-bond acceptors (Lipinski definition) is 2. The average Bonchev–Trinajstić information content (AvgIpc) is 2.66. The van der Waals surface area contributed by atoms with Crippen molar-refractivity contribution in [3.05, 3.63) is 34.9 Å². The van der Waals surface area contributed by atoms with Crippen molar-refractivity contribution in [1.29, 1.82) is 0 Å². The minimum Gasteiger partial charge on any atom is -0.478 e. The van der Waals surface area contributed by atoms with Crippen LogP contribution in [0.15, 0.2) is 24.3 Å². The van der Waals surface area contributed by atoms with Gasteiger partial charge in [0, 0.05) is 29.9 Å². The van der Waals surface area contributed by atoms with Gasteiger partial charge in [-0.05, 0) is 36.6 Å². The van der Waals surface area contributed by atoms with Crippen molar-refractivity contribution in [3.8, 4) is 0 Å². The van der Waals surface area contributed by atoms with E-state index in [9.17, 15) is 4.79 Å². The van der Waals surface area contributed by atoms with Gasteiger partial charge in [0.05, 0.1) is 0 Å². The Morgan fingerprint density at radius 1 is 1.21 bits per heavy atom. The van der Waals surface area contributed by atoms with Gasteiger partial charge in [0.2, 0.25) is 0 Å². The zero-order valence-electron chi connectivity index (χ0n) is 10.8. The summed E-state index contributed by atoms with van der Waals surface area (Å²) in [6.45, 7) is 2.14. The number of carbonyl (C=O) groups is 1. The maximum atomic E-state index is 10.5. The molecule has 1 aromatic carbocycles. The third-order valence-electron chi connectivity index (χ3n) is 3.36. The molecule has 4 heteroatoms. The standard InChI is InChI=1S/C15H18ClNO2/c16-14-11-13(17-9-3-1-2-4-10-17)7-5-12(14)6-8-15(18)19/h5-8,11H,1-4,9-10H2,(H,18,19)/b8-6+. The van der Waals surface area contributed by atoms with Crippen molar-refractivity contribution < 1.29 is 9.90 Å². The second-order valence-corrected chi connectivity index (χ2v) is 5.19. The van der Waals surface area contributed by atoms with Crippen LogP contribution in [0.5, 0.6) is 0 Å². The number of hydrogen-bond donors (Lipinski definition) is 1. The summed E-state index contributed by atoms with van der Waals surface area (Å²) in [4.78, 5) is 12.8. The van der Waals surface area contributed by atoms with E-state index in [2.05, 4.69) is 4.90 Å². The predicted octanol–water partition coefficient (Wildman–Crippen LogP) is 3.82. The molecule has 0 atom stereocenters. The Balaban J connectivity index is 2.15. The first-order valence-electron chi connectivity index (χ1n) is 6.62. The van der Waals surface area contributed by atoms with Crippen LogP contribution in [0, 0.1) is 0 Å². The Hall–Kier alpha value is -1.48. The third kappa shape index (κ3) is 4.00. The molecule has 0 bridgehead atoms. The first kappa shape index (κ1) is 13.9. The number of rotatable bonds is 3. The molecule has 0 amide bonds. The number of carboxylic acids is 1. The van der Waals surface area contributed by atoms with Crippen LogP contribution in [-0.4, -0.2) is 24.2 Å². The summed E-state index contributed by atoms with van der Waals surface area (Å²) < 4.78 is 0. The highest BCUT2D eigenvalue weighted by atomic mass is 35.5. The number of carboxylic acid groups (broad SMARTS) is 1. The molecular weight excluding hydrogens is 262 g/mol. The van der Waals surface area contributed by atoms with E-state index in [4.69, 9.17) is 16.7 Å². The predicted molar refractivity (Wildman–Crippen MR) is 78.8 cm³/mol. The maximum absolute atomic E-state index is 10.5.